The number of hydrogen-bond donors (Lipinski definition) is 2. The molecule has 1 aromatic rings. The molecule has 0 atom stereocenters. The van der Waals surface area contributed by atoms with Crippen molar-refractivity contribution in [3.05, 3.63) is 29.3 Å². The van der Waals surface area contributed by atoms with E-state index in [4.69, 9.17) is 5.11 Å². The highest BCUT2D eigenvalue weighted by Gasteiger charge is 2.32. The van der Waals surface area contributed by atoms with Crippen molar-refractivity contribution < 1.29 is 9.90 Å². The standard InChI is InChI=1S/C15H22N2O2/c1-3-16-14-7-4-12(10-11(14)2)15(19)17(8-9-18)13-5-6-13/h4,7,10,13,16,18H,3,5-6,8-9H2,1-2H3. The monoisotopic (exact) mass is 262 g/mol. The Morgan fingerprint density at radius 1 is 1.47 bits per heavy atom. The number of aliphatic hydroxyl groups excluding tert-OH is 1. The summed E-state index contributed by atoms with van der Waals surface area (Å²) in [5, 5.41) is 12.3. The number of nitrogens with zero attached hydrogens (tertiary/aromatic N) is 1. The lowest BCUT2D eigenvalue weighted by atomic mass is 10.1. The first-order valence-electron chi connectivity index (χ1n) is 6.93. The Morgan fingerprint density at radius 2 is 2.21 bits per heavy atom. The molecule has 4 nitrogen and oxygen atoms in total. The van der Waals surface area contributed by atoms with E-state index >= 15 is 0 Å². The molecule has 0 aromatic heterocycles. The fourth-order valence-electron chi connectivity index (χ4n) is 2.30. The molecule has 104 valence electrons. The molecule has 0 bridgehead atoms. The van der Waals surface area contributed by atoms with Crippen LogP contribution < -0.4 is 5.32 Å². The normalized spacial score (nSPS) is 14.3. The summed E-state index contributed by atoms with van der Waals surface area (Å²) >= 11 is 0. The summed E-state index contributed by atoms with van der Waals surface area (Å²) in [6, 6.07) is 6.07. The molecular weight excluding hydrogens is 240 g/mol. The summed E-state index contributed by atoms with van der Waals surface area (Å²) in [5.41, 5.74) is 2.85. The van der Waals surface area contributed by atoms with E-state index in [0.29, 0.717) is 18.2 Å². The molecule has 1 aliphatic carbocycles. The van der Waals surface area contributed by atoms with Gasteiger partial charge in [0.05, 0.1) is 6.61 Å². The number of carbonyl (C=O) groups excluding carboxylic acids is 1. The molecule has 1 amide bonds. The maximum absolute atomic E-state index is 12.4. The van der Waals surface area contributed by atoms with E-state index < -0.39 is 0 Å². The number of carbonyl (C=O) groups is 1. The maximum Gasteiger partial charge on any atom is 0.254 e. The largest absolute Gasteiger partial charge is 0.395 e. The van der Waals surface area contributed by atoms with Crippen LogP contribution in [0.2, 0.25) is 0 Å². The number of aliphatic hydroxyl groups is 1. The lowest BCUT2D eigenvalue weighted by molar-refractivity contribution is 0.0707. The highest BCUT2D eigenvalue weighted by Crippen LogP contribution is 2.28. The Balaban J connectivity index is 2.15. The number of aryl methyl sites for hydroxylation is 1. The summed E-state index contributed by atoms with van der Waals surface area (Å²) < 4.78 is 0. The molecular formula is C15H22N2O2. The average Bonchev–Trinajstić information content (AvgIpc) is 3.22. The second-order valence-electron chi connectivity index (χ2n) is 5.01. The van der Waals surface area contributed by atoms with E-state index in [2.05, 4.69) is 12.2 Å². The van der Waals surface area contributed by atoms with Gasteiger partial charge in [0.2, 0.25) is 0 Å². The van der Waals surface area contributed by atoms with E-state index in [1.807, 2.05) is 25.1 Å². The van der Waals surface area contributed by atoms with Gasteiger partial charge in [-0.05, 0) is 50.5 Å². The molecule has 4 heteroatoms. The third kappa shape index (κ3) is 3.26. The number of rotatable bonds is 6. The predicted octanol–water partition coefficient (Wildman–Crippen LogP) is 2.02. The van der Waals surface area contributed by atoms with Crippen molar-refractivity contribution in [1.82, 2.24) is 4.90 Å². The summed E-state index contributed by atoms with van der Waals surface area (Å²) in [7, 11) is 0. The second-order valence-corrected chi connectivity index (χ2v) is 5.01. The van der Waals surface area contributed by atoms with Crippen LogP contribution >= 0.6 is 0 Å². The minimum atomic E-state index is 0.0245. The van der Waals surface area contributed by atoms with Crippen molar-refractivity contribution in [3.63, 3.8) is 0 Å². The average molecular weight is 262 g/mol. The van der Waals surface area contributed by atoms with Gasteiger partial charge in [0, 0.05) is 30.4 Å². The topological polar surface area (TPSA) is 52.6 Å². The van der Waals surface area contributed by atoms with Crippen LogP contribution in [0.3, 0.4) is 0 Å². The van der Waals surface area contributed by atoms with Crippen LogP contribution in [0.25, 0.3) is 0 Å². The van der Waals surface area contributed by atoms with Crippen LogP contribution in [0, 0.1) is 6.92 Å². The fraction of sp³-hybridized carbons (Fsp3) is 0.533. The molecule has 0 radical (unpaired) electrons. The zero-order valence-electron chi connectivity index (χ0n) is 11.6. The highest BCUT2D eigenvalue weighted by atomic mass is 16.3. The molecule has 1 aliphatic rings. The van der Waals surface area contributed by atoms with Crippen molar-refractivity contribution in [2.24, 2.45) is 0 Å². The zero-order valence-corrected chi connectivity index (χ0v) is 11.6. The summed E-state index contributed by atoms with van der Waals surface area (Å²) in [6.45, 7) is 5.37. The molecule has 0 unspecified atom stereocenters. The molecule has 1 aromatic carbocycles. The minimum absolute atomic E-state index is 0.0245. The van der Waals surface area contributed by atoms with Crippen LogP contribution in [-0.4, -0.2) is 41.7 Å². The van der Waals surface area contributed by atoms with Crippen molar-refractivity contribution >= 4 is 11.6 Å². The number of amides is 1. The molecule has 0 spiro atoms. The first kappa shape index (κ1) is 13.9. The summed E-state index contributed by atoms with van der Waals surface area (Å²) in [5.74, 6) is 0.0303. The van der Waals surface area contributed by atoms with Crippen LogP contribution in [0.4, 0.5) is 5.69 Å². The fourth-order valence-corrected chi connectivity index (χ4v) is 2.30. The Morgan fingerprint density at radius 3 is 2.74 bits per heavy atom. The van der Waals surface area contributed by atoms with E-state index in [9.17, 15) is 4.79 Å². The van der Waals surface area contributed by atoms with Crippen molar-refractivity contribution in [2.75, 3.05) is 25.0 Å². The lowest BCUT2D eigenvalue weighted by Gasteiger charge is -2.22. The molecule has 2 rings (SSSR count). The molecule has 1 saturated carbocycles. The van der Waals surface area contributed by atoms with Gasteiger partial charge < -0.3 is 15.3 Å². The molecule has 0 aliphatic heterocycles. The Kier molecular flexibility index (Phi) is 4.43. The van der Waals surface area contributed by atoms with E-state index in [0.717, 1.165) is 30.6 Å². The number of benzene rings is 1. The van der Waals surface area contributed by atoms with Crippen molar-refractivity contribution in [1.29, 1.82) is 0 Å². The van der Waals surface area contributed by atoms with Gasteiger partial charge in [0.25, 0.3) is 5.91 Å². The smallest absolute Gasteiger partial charge is 0.254 e. The molecule has 19 heavy (non-hydrogen) atoms. The SMILES string of the molecule is CCNc1ccc(C(=O)N(CCO)C2CC2)cc1C. The first-order valence-corrected chi connectivity index (χ1v) is 6.93. The van der Waals surface area contributed by atoms with Gasteiger partial charge in [-0.15, -0.1) is 0 Å². The van der Waals surface area contributed by atoms with E-state index in [-0.39, 0.29) is 12.5 Å². The first-order chi connectivity index (χ1) is 9.17. The van der Waals surface area contributed by atoms with Gasteiger partial charge in [0.1, 0.15) is 0 Å². The predicted molar refractivity (Wildman–Crippen MR) is 76.5 cm³/mol. The van der Waals surface area contributed by atoms with Gasteiger partial charge in [-0.25, -0.2) is 0 Å². The third-order valence-electron chi connectivity index (χ3n) is 3.43. The van der Waals surface area contributed by atoms with E-state index in [1.165, 1.54) is 0 Å². The maximum atomic E-state index is 12.4. The molecule has 0 heterocycles. The van der Waals surface area contributed by atoms with Crippen LogP contribution in [0.1, 0.15) is 35.7 Å². The second kappa shape index (κ2) is 6.06. The van der Waals surface area contributed by atoms with Gasteiger partial charge in [-0.3, -0.25) is 4.79 Å². The number of hydrogen-bond acceptors (Lipinski definition) is 3. The van der Waals surface area contributed by atoms with E-state index in [1.54, 1.807) is 4.90 Å². The summed E-state index contributed by atoms with van der Waals surface area (Å²) in [4.78, 5) is 14.2. The van der Waals surface area contributed by atoms with Crippen LogP contribution in [0.15, 0.2) is 18.2 Å². The Labute approximate surface area is 114 Å². The molecule has 1 fully saturated rings. The van der Waals surface area contributed by atoms with Crippen molar-refractivity contribution in [3.8, 4) is 0 Å². The van der Waals surface area contributed by atoms with Gasteiger partial charge in [-0.1, -0.05) is 0 Å². The quantitative estimate of drug-likeness (QED) is 0.824. The van der Waals surface area contributed by atoms with Crippen LogP contribution in [-0.2, 0) is 0 Å². The number of nitrogens with one attached hydrogen (secondary N) is 1. The molecule has 2 N–H and O–H groups in total. The van der Waals surface area contributed by atoms with Crippen molar-refractivity contribution in [2.45, 2.75) is 32.7 Å². The molecule has 0 saturated heterocycles. The van der Waals surface area contributed by atoms with Gasteiger partial charge in [0.15, 0.2) is 0 Å². The van der Waals surface area contributed by atoms with Crippen LogP contribution in [0.5, 0.6) is 0 Å². The van der Waals surface area contributed by atoms with Gasteiger partial charge in [-0.2, -0.15) is 0 Å². The summed E-state index contributed by atoms with van der Waals surface area (Å²) in [6.07, 6.45) is 2.11. The van der Waals surface area contributed by atoms with Gasteiger partial charge >= 0.3 is 0 Å². The lowest BCUT2D eigenvalue weighted by Crippen LogP contribution is -2.35. The Hall–Kier alpha value is -1.55. The Bertz CT molecular complexity index is 455. The minimum Gasteiger partial charge on any atom is -0.395 e. The highest BCUT2D eigenvalue weighted by molar-refractivity contribution is 5.95. The third-order valence-corrected chi connectivity index (χ3v) is 3.43. The number of anilines is 1. The zero-order chi connectivity index (χ0) is 13.8.